The zero-order valence-corrected chi connectivity index (χ0v) is 20.3. The molecule has 0 spiro atoms. The van der Waals surface area contributed by atoms with E-state index in [0.717, 1.165) is 11.3 Å². The van der Waals surface area contributed by atoms with E-state index in [2.05, 4.69) is 20.5 Å². The van der Waals surface area contributed by atoms with Gasteiger partial charge in [0.15, 0.2) is 16.7 Å². The van der Waals surface area contributed by atoms with Crippen molar-refractivity contribution < 1.29 is 18.7 Å². The highest BCUT2D eigenvalue weighted by Crippen LogP contribution is 2.24. The van der Waals surface area contributed by atoms with Gasteiger partial charge in [0.05, 0.1) is 24.1 Å². The van der Waals surface area contributed by atoms with Crippen LogP contribution in [-0.2, 0) is 33.9 Å². The minimum atomic E-state index is -0.387. The van der Waals surface area contributed by atoms with Crippen molar-refractivity contribution in [3.05, 3.63) is 64.3 Å². The van der Waals surface area contributed by atoms with Gasteiger partial charge in [0.2, 0.25) is 5.91 Å². The number of anilines is 1. The summed E-state index contributed by atoms with van der Waals surface area (Å²) in [6, 6.07) is 11.2. The molecule has 3 heterocycles. The van der Waals surface area contributed by atoms with Crippen LogP contribution < -0.4 is 5.32 Å². The number of benzene rings is 1. The zero-order valence-electron chi connectivity index (χ0n) is 18.7. The number of hydrogen-bond acceptors (Lipinski definition) is 9. The maximum Gasteiger partial charge on any atom is 0.316 e. The van der Waals surface area contributed by atoms with Crippen LogP contribution in [0, 0.1) is 6.92 Å². The molecule has 4 aromatic rings. The second kappa shape index (κ2) is 11.1. The molecule has 0 saturated heterocycles. The molecular weight excluding hydrogens is 474 g/mol. The molecule has 9 nitrogen and oxygen atoms in total. The van der Waals surface area contributed by atoms with Crippen molar-refractivity contribution in [2.45, 2.75) is 38.6 Å². The summed E-state index contributed by atoms with van der Waals surface area (Å²) in [5.74, 6) is 0.793. The third-order valence-electron chi connectivity index (χ3n) is 4.72. The fraction of sp³-hybridized carbons (Fsp3) is 0.261. The molecule has 4 rings (SSSR count). The molecule has 0 aliphatic heterocycles. The molecule has 34 heavy (non-hydrogen) atoms. The number of ether oxygens (including phenoxy) is 1. The number of thiazole rings is 1. The quantitative estimate of drug-likeness (QED) is 0.254. The number of esters is 1. The number of thioether (sulfide) groups is 1. The first-order valence-electron chi connectivity index (χ1n) is 10.6. The van der Waals surface area contributed by atoms with Crippen molar-refractivity contribution in [3.63, 3.8) is 0 Å². The molecule has 0 aliphatic rings. The summed E-state index contributed by atoms with van der Waals surface area (Å²) in [5, 5.41) is 14.2. The molecule has 1 aromatic carbocycles. The summed E-state index contributed by atoms with van der Waals surface area (Å²) in [4.78, 5) is 28.9. The summed E-state index contributed by atoms with van der Waals surface area (Å²) in [7, 11) is 0. The van der Waals surface area contributed by atoms with Gasteiger partial charge in [0.25, 0.3) is 0 Å². The summed E-state index contributed by atoms with van der Waals surface area (Å²) in [6.45, 7) is 4.65. The third kappa shape index (κ3) is 6.12. The number of amides is 1. The molecule has 0 fully saturated rings. The Balaban J connectivity index is 1.23. The molecule has 176 valence electrons. The average Bonchev–Trinajstić information content (AvgIpc) is 3.58. The van der Waals surface area contributed by atoms with Gasteiger partial charge in [-0.2, -0.15) is 0 Å². The lowest BCUT2D eigenvalue weighted by Crippen LogP contribution is -2.14. The predicted octanol–water partition coefficient (Wildman–Crippen LogP) is 4.34. The highest BCUT2D eigenvalue weighted by molar-refractivity contribution is 7.99. The Morgan fingerprint density at radius 2 is 2.03 bits per heavy atom. The fourth-order valence-corrected chi connectivity index (χ4v) is 4.64. The van der Waals surface area contributed by atoms with Crippen LogP contribution in [0.15, 0.2) is 57.6 Å². The molecule has 0 unspecified atom stereocenters. The standard InChI is InChI=1S/C23H23N5O4S2/c1-3-28-22(18-5-4-10-31-18)26-27-23(28)34-14-21(30)32-12-17-13-33-20(25-17)11-19(29)24-16-8-6-15(2)7-9-16/h4-10,13H,3,11-12,14H2,1-2H3,(H,24,29). The normalized spacial score (nSPS) is 10.9. The van der Waals surface area contributed by atoms with Crippen LogP contribution in [0.3, 0.4) is 0 Å². The second-order valence-corrected chi connectivity index (χ2v) is 9.19. The maximum atomic E-state index is 12.2. The van der Waals surface area contributed by atoms with Crippen molar-refractivity contribution in [2.24, 2.45) is 0 Å². The van der Waals surface area contributed by atoms with E-state index in [4.69, 9.17) is 9.15 Å². The number of furan rings is 1. The number of carbonyl (C=O) groups excluding carboxylic acids is 2. The van der Waals surface area contributed by atoms with E-state index in [9.17, 15) is 9.59 Å². The van der Waals surface area contributed by atoms with E-state index < -0.39 is 0 Å². The highest BCUT2D eigenvalue weighted by Gasteiger charge is 2.17. The lowest BCUT2D eigenvalue weighted by atomic mass is 10.2. The van der Waals surface area contributed by atoms with E-state index in [1.54, 1.807) is 17.7 Å². The van der Waals surface area contributed by atoms with Gasteiger partial charge in [-0.3, -0.25) is 14.2 Å². The molecule has 0 radical (unpaired) electrons. The van der Waals surface area contributed by atoms with Gasteiger partial charge in [-0.25, -0.2) is 4.98 Å². The molecule has 0 bridgehead atoms. The zero-order chi connectivity index (χ0) is 23.9. The lowest BCUT2D eigenvalue weighted by molar-refractivity contribution is -0.141. The van der Waals surface area contributed by atoms with Gasteiger partial charge in [-0.05, 0) is 38.1 Å². The Morgan fingerprint density at radius 3 is 2.76 bits per heavy atom. The average molecular weight is 498 g/mol. The number of hydrogen-bond donors (Lipinski definition) is 1. The van der Waals surface area contributed by atoms with Crippen LogP contribution in [0.4, 0.5) is 5.69 Å². The second-order valence-electron chi connectivity index (χ2n) is 7.30. The van der Waals surface area contributed by atoms with Crippen molar-refractivity contribution in [3.8, 4) is 11.6 Å². The first kappa shape index (κ1) is 23.7. The van der Waals surface area contributed by atoms with Crippen LogP contribution >= 0.6 is 23.1 Å². The highest BCUT2D eigenvalue weighted by atomic mass is 32.2. The van der Waals surface area contributed by atoms with Crippen LogP contribution in [0.5, 0.6) is 0 Å². The first-order chi connectivity index (χ1) is 16.5. The van der Waals surface area contributed by atoms with E-state index in [-0.39, 0.29) is 30.7 Å². The molecule has 0 saturated carbocycles. The minimum absolute atomic E-state index is 0.0492. The molecule has 1 N–H and O–H groups in total. The molecule has 1 amide bonds. The van der Waals surface area contributed by atoms with Gasteiger partial charge in [0.1, 0.15) is 11.6 Å². The Hall–Kier alpha value is -3.44. The van der Waals surface area contributed by atoms with Crippen molar-refractivity contribution in [1.82, 2.24) is 19.7 Å². The van der Waals surface area contributed by atoms with E-state index in [1.165, 1.54) is 23.1 Å². The molecule has 11 heteroatoms. The number of aromatic nitrogens is 4. The Kier molecular flexibility index (Phi) is 7.76. The van der Waals surface area contributed by atoms with Gasteiger partial charge < -0.3 is 14.5 Å². The van der Waals surface area contributed by atoms with Crippen molar-refractivity contribution >= 4 is 40.7 Å². The lowest BCUT2D eigenvalue weighted by Gasteiger charge is -2.06. The summed E-state index contributed by atoms with van der Waals surface area (Å²) in [6.07, 6.45) is 1.74. The van der Waals surface area contributed by atoms with Gasteiger partial charge >= 0.3 is 5.97 Å². The SMILES string of the molecule is CCn1c(SCC(=O)OCc2csc(CC(=O)Nc3ccc(C)cc3)n2)nnc1-c1ccco1. The van der Waals surface area contributed by atoms with Crippen LogP contribution in [0.25, 0.3) is 11.6 Å². The van der Waals surface area contributed by atoms with E-state index in [0.29, 0.717) is 34.0 Å². The largest absolute Gasteiger partial charge is 0.461 e. The van der Waals surface area contributed by atoms with Gasteiger partial charge in [-0.15, -0.1) is 21.5 Å². The minimum Gasteiger partial charge on any atom is -0.461 e. The number of carbonyl (C=O) groups is 2. The van der Waals surface area contributed by atoms with Crippen LogP contribution in [0.2, 0.25) is 0 Å². The number of rotatable bonds is 10. The number of aryl methyl sites for hydroxylation is 1. The Morgan fingerprint density at radius 1 is 1.21 bits per heavy atom. The molecule has 3 aromatic heterocycles. The van der Waals surface area contributed by atoms with Gasteiger partial charge in [-0.1, -0.05) is 29.5 Å². The topological polar surface area (TPSA) is 112 Å². The fourth-order valence-electron chi connectivity index (χ4n) is 3.06. The third-order valence-corrected chi connectivity index (χ3v) is 6.56. The van der Waals surface area contributed by atoms with E-state index >= 15 is 0 Å². The van der Waals surface area contributed by atoms with Crippen molar-refractivity contribution in [1.29, 1.82) is 0 Å². The number of nitrogens with one attached hydrogen (secondary N) is 1. The maximum absolute atomic E-state index is 12.2. The van der Waals surface area contributed by atoms with Crippen LogP contribution in [-0.4, -0.2) is 37.4 Å². The smallest absolute Gasteiger partial charge is 0.316 e. The summed E-state index contributed by atoms with van der Waals surface area (Å²) in [5.41, 5.74) is 2.48. The molecular formula is C23H23N5O4S2. The summed E-state index contributed by atoms with van der Waals surface area (Å²) < 4.78 is 12.6. The Labute approximate surface area is 204 Å². The van der Waals surface area contributed by atoms with Crippen LogP contribution in [0.1, 0.15) is 23.2 Å². The van der Waals surface area contributed by atoms with Gasteiger partial charge in [0, 0.05) is 17.6 Å². The monoisotopic (exact) mass is 497 g/mol. The first-order valence-corrected chi connectivity index (χ1v) is 12.4. The molecule has 0 atom stereocenters. The Bertz CT molecular complexity index is 1250. The summed E-state index contributed by atoms with van der Waals surface area (Å²) >= 11 is 2.61. The van der Waals surface area contributed by atoms with E-state index in [1.807, 2.05) is 48.7 Å². The number of nitrogens with zero attached hydrogens (tertiary/aromatic N) is 4. The molecule has 0 aliphatic carbocycles. The van der Waals surface area contributed by atoms with Crippen molar-refractivity contribution in [2.75, 3.05) is 11.1 Å². The predicted molar refractivity (Wildman–Crippen MR) is 130 cm³/mol.